The van der Waals surface area contributed by atoms with E-state index in [9.17, 15) is 9.59 Å². The van der Waals surface area contributed by atoms with E-state index in [-0.39, 0.29) is 6.61 Å². The Bertz CT molecular complexity index is 575. The van der Waals surface area contributed by atoms with E-state index in [1.165, 1.54) is 11.1 Å². The Morgan fingerprint density at radius 2 is 1.83 bits per heavy atom. The molecule has 0 saturated heterocycles. The van der Waals surface area contributed by atoms with Crippen molar-refractivity contribution in [2.75, 3.05) is 6.61 Å². The number of hydrogen-bond acceptors (Lipinski definition) is 4. The van der Waals surface area contributed by atoms with Crippen LogP contribution in [0.15, 0.2) is 18.2 Å². The van der Waals surface area contributed by atoms with Gasteiger partial charge in [-0.1, -0.05) is 18.2 Å². The van der Waals surface area contributed by atoms with Crippen molar-refractivity contribution in [3.05, 3.63) is 34.9 Å². The fourth-order valence-corrected chi connectivity index (χ4v) is 2.21. The summed E-state index contributed by atoms with van der Waals surface area (Å²) in [5, 5.41) is 2.62. The van der Waals surface area contributed by atoms with Crippen LogP contribution in [0.25, 0.3) is 0 Å². The van der Waals surface area contributed by atoms with Gasteiger partial charge in [-0.05, 0) is 71.1 Å². The first-order valence-electron chi connectivity index (χ1n) is 8.34. The van der Waals surface area contributed by atoms with Crippen molar-refractivity contribution in [3.63, 3.8) is 0 Å². The third-order valence-electron chi connectivity index (χ3n) is 3.56. The van der Waals surface area contributed by atoms with Gasteiger partial charge in [0, 0.05) is 0 Å². The van der Waals surface area contributed by atoms with Crippen molar-refractivity contribution in [2.45, 2.75) is 66.0 Å². The lowest BCUT2D eigenvalue weighted by Crippen LogP contribution is -2.44. The minimum atomic E-state index is -0.721. The van der Waals surface area contributed by atoms with Crippen molar-refractivity contribution in [1.82, 2.24) is 5.32 Å². The van der Waals surface area contributed by atoms with Crippen LogP contribution >= 0.6 is 0 Å². The van der Waals surface area contributed by atoms with Crippen LogP contribution in [0.2, 0.25) is 0 Å². The Labute approximate surface area is 144 Å². The molecule has 0 fully saturated rings. The van der Waals surface area contributed by atoms with Crippen LogP contribution in [0.4, 0.5) is 4.79 Å². The molecule has 0 bridgehead atoms. The summed E-state index contributed by atoms with van der Waals surface area (Å²) in [5.74, 6) is -0.438. The molecule has 0 spiro atoms. The molecule has 1 rings (SSSR count). The smallest absolute Gasteiger partial charge is 0.408 e. The zero-order chi connectivity index (χ0) is 18.3. The molecule has 0 aromatic heterocycles. The van der Waals surface area contributed by atoms with E-state index in [0.29, 0.717) is 12.8 Å². The lowest BCUT2D eigenvalue weighted by atomic mass is 10.0. The Hall–Kier alpha value is -2.04. The fraction of sp³-hybridized carbons (Fsp3) is 0.579. The molecule has 0 aliphatic rings. The number of hydrogen-bond donors (Lipinski definition) is 1. The molecule has 1 atom stereocenters. The standard InChI is InChI=1S/C19H29NO4/c1-7-23-17(21)16(20-18(22)24-19(4,5)6)11-10-15-9-8-13(2)14(3)12-15/h8-9,12,16H,7,10-11H2,1-6H3,(H,20,22). The van der Waals surface area contributed by atoms with Crippen LogP contribution in [-0.4, -0.2) is 30.3 Å². The van der Waals surface area contributed by atoms with Gasteiger partial charge in [0.2, 0.25) is 0 Å². The van der Waals surface area contributed by atoms with Gasteiger partial charge in [0.05, 0.1) is 6.61 Å². The number of alkyl carbamates (subject to hydrolysis) is 1. The summed E-state index contributed by atoms with van der Waals surface area (Å²) >= 11 is 0. The number of nitrogens with one attached hydrogen (secondary N) is 1. The Morgan fingerprint density at radius 3 is 2.38 bits per heavy atom. The van der Waals surface area contributed by atoms with Crippen LogP contribution in [0.5, 0.6) is 0 Å². The lowest BCUT2D eigenvalue weighted by Gasteiger charge is -2.23. The molecule has 1 amide bonds. The predicted octanol–water partition coefficient (Wildman–Crippen LogP) is 3.69. The number of amides is 1. The molecule has 1 aromatic rings. The van der Waals surface area contributed by atoms with Crippen molar-refractivity contribution < 1.29 is 19.1 Å². The van der Waals surface area contributed by atoms with E-state index in [4.69, 9.17) is 9.47 Å². The molecule has 24 heavy (non-hydrogen) atoms. The van der Waals surface area contributed by atoms with Gasteiger partial charge >= 0.3 is 12.1 Å². The first-order valence-corrected chi connectivity index (χ1v) is 8.34. The van der Waals surface area contributed by atoms with Crippen molar-refractivity contribution in [2.24, 2.45) is 0 Å². The molecule has 0 radical (unpaired) electrons. The van der Waals surface area contributed by atoms with E-state index in [1.54, 1.807) is 27.7 Å². The molecule has 5 heteroatoms. The summed E-state index contributed by atoms with van der Waals surface area (Å²) in [5.41, 5.74) is 2.95. The highest BCUT2D eigenvalue weighted by Gasteiger charge is 2.25. The van der Waals surface area contributed by atoms with E-state index in [2.05, 4.69) is 31.3 Å². The van der Waals surface area contributed by atoms with E-state index >= 15 is 0 Å². The monoisotopic (exact) mass is 335 g/mol. The van der Waals surface area contributed by atoms with Gasteiger partial charge in [-0.3, -0.25) is 0 Å². The zero-order valence-corrected chi connectivity index (χ0v) is 15.6. The number of carbonyl (C=O) groups excluding carboxylic acids is 2. The molecule has 1 unspecified atom stereocenters. The summed E-state index contributed by atoms with van der Waals surface area (Å²) in [6, 6.07) is 5.48. The molecule has 0 aliphatic heterocycles. The number of carbonyl (C=O) groups is 2. The minimum absolute atomic E-state index is 0.273. The molecule has 1 N–H and O–H groups in total. The van der Waals surface area contributed by atoms with Gasteiger partial charge in [0.1, 0.15) is 11.6 Å². The minimum Gasteiger partial charge on any atom is -0.464 e. The molecular weight excluding hydrogens is 306 g/mol. The van der Waals surface area contributed by atoms with Gasteiger partial charge in [0.25, 0.3) is 0 Å². The summed E-state index contributed by atoms with van der Waals surface area (Å²) in [6.07, 6.45) is 0.515. The van der Waals surface area contributed by atoms with E-state index < -0.39 is 23.7 Å². The highest BCUT2D eigenvalue weighted by Crippen LogP contribution is 2.13. The predicted molar refractivity (Wildman–Crippen MR) is 94.0 cm³/mol. The highest BCUT2D eigenvalue weighted by atomic mass is 16.6. The molecule has 0 aliphatic carbocycles. The third-order valence-corrected chi connectivity index (χ3v) is 3.56. The van der Waals surface area contributed by atoms with Crippen LogP contribution in [0, 0.1) is 13.8 Å². The van der Waals surface area contributed by atoms with Crippen molar-refractivity contribution in [3.8, 4) is 0 Å². The quantitative estimate of drug-likeness (QED) is 0.805. The van der Waals surface area contributed by atoms with Crippen molar-refractivity contribution in [1.29, 1.82) is 0 Å². The normalized spacial score (nSPS) is 12.4. The van der Waals surface area contributed by atoms with Crippen LogP contribution < -0.4 is 5.32 Å². The van der Waals surface area contributed by atoms with Crippen LogP contribution in [0.1, 0.15) is 50.8 Å². The van der Waals surface area contributed by atoms with E-state index in [1.807, 2.05) is 6.07 Å². The highest BCUT2D eigenvalue weighted by molar-refractivity contribution is 5.81. The van der Waals surface area contributed by atoms with Crippen LogP contribution in [-0.2, 0) is 20.7 Å². The molecular formula is C19H29NO4. The molecule has 134 valence electrons. The number of esters is 1. The summed E-state index contributed by atoms with van der Waals surface area (Å²) < 4.78 is 10.3. The SMILES string of the molecule is CCOC(=O)C(CCc1ccc(C)c(C)c1)NC(=O)OC(C)(C)C. The van der Waals surface area contributed by atoms with Crippen molar-refractivity contribution >= 4 is 12.1 Å². The number of ether oxygens (including phenoxy) is 2. The molecule has 0 heterocycles. The van der Waals surface area contributed by atoms with E-state index in [0.717, 1.165) is 5.56 Å². The summed E-state index contributed by atoms with van der Waals surface area (Å²) in [6.45, 7) is 11.5. The number of rotatable bonds is 6. The first kappa shape index (κ1) is 20.0. The Morgan fingerprint density at radius 1 is 1.17 bits per heavy atom. The largest absolute Gasteiger partial charge is 0.464 e. The Balaban J connectivity index is 2.73. The van der Waals surface area contributed by atoms with Gasteiger partial charge in [0.15, 0.2) is 0 Å². The second-order valence-corrected chi connectivity index (χ2v) is 6.91. The van der Waals surface area contributed by atoms with Crippen LogP contribution in [0.3, 0.4) is 0 Å². The lowest BCUT2D eigenvalue weighted by molar-refractivity contribution is -0.145. The third kappa shape index (κ3) is 7.02. The topological polar surface area (TPSA) is 64.6 Å². The molecule has 1 aromatic carbocycles. The molecule has 5 nitrogen and oxygen atoms in total. The zero-order valence-electron chi connectivity index (χ0n) is 15.6. The van der Waals surface area contributed by atoms with Gasteiger partial charge < -0.3 is 14.8 Å². The maximum Gasteiger partial charge on any atom is 0.408 e. The summed E-state index contributed by atoms with van der Waals surface area (Å²) in [7, 11) is 0. The van der Waals surface area contributed by atoms with Gasteiger partial charge in [-0.15, -0.1) is 0 Å². The number of aryl methyl sites for hydroxylation is 3. The van der Waals surface area contributed by atoms with Gasteiger partial charge in [-0.2, -0.15) is 0 Å². The average Bonchev–Trinajstić information content (AvgIpc) is 2.45. The second kappa shape index (κ2) is 8.71. The maximum atomic E-state index is 12.1. The Kier molecular flexibility index (Phi) is 7.26. The second-order valence-electron chi connectivity index (χ2n) is 6.91. The summed E-state index contributed by atoms with van der Waals surface area (Å²) in [4.78, 5) is 24.0. The first-order chi connectivity index (χ1) is 11.1. The number of benzene rings is 1. The van der Waals surface area contributed by atoms with Gasteiger partial charge in [-0.25, -0.2) is 9.59 Å². The average molecular weight is 335 g/mol. The molecule has 0 saturated carbocycles. The fourth-order valence-electron chi connectivity index (χ4n) is 2.21. The maximum absolute atomic E-state index is 12.1.